The third kappa shape index (κ3) is 2.62. The average Bonchev–Trinajstić information content (AvgIpc) is 2.39. The molecule has 2 aromatic rings. The van der Waals surface area contributed by atoms with E-state index >= 15 is 0 Å². The predicted octanol–water partition coefficient (Wildman–Crippen LogP) is 4.00. The zero-order chi connectivity index (χ0) is 13.1. The van der Waals surface area contributed by atoms with E-state index in [9.17, 15) is 4.79 Å². The number of carbonyl (C=O) groups excluding carboxylic acids is 1. The molecule has 2 rings (SSSR count). The Morgan fingerprint density at radius 3 is 2.39 bits per heavy atom. The van der Waals surface area contributed by atoms with Gasteiger partial charge in [-0.05, 0) is 25.1 Å². The fraction of sp³-hybridized carbons (Fsp3) is 0.133. The second kappa shape index (κ2) is 5.36. The molecule has 0 saturated heterocycles. The van der Waals surface area contributed by atoms with Gasteiger partial charge < -0.3 is 4.74 Å². The van der Waals surface area contributed by atoms with Crippen LogP contribution in [-0.2, 0) is 0 Å². The first-order valence-electron chi connectivity index (χ1n) is 5.56. The highest BCUT2D eigenvalue weighted by Gasteiger charge is 2.14. The van der Waals surface area contributed by atoms with Crippen LogP contribution in [0.2, 0.25) is 0 Å². The fourth-order valence-electron chi connectivity index (χ4n) is 1.72. The molecule has 0 aliphatic heterocycles. The summed E-state index contributed by atoms with van der Waals surface area (Å²) in [6.45, 7) is 1.99. The summed E-state index contributed by atoms with van der Waals surface area (Å²) >= 11 is 3.37. The van der Waals surface area contributed by atoms with E-state index in [0.717, 1.165) is 10.0 Å². The molecule has 0 atom stereocenters. The summed E-state index contributed by atoms with van der Waals surface area (Å²) in [7, 11) is 1.56. The minimum atomic E-state index is -0.0341. The summed E-state index contributed by atoms with van der Waals surface area (Å²) < 4.78 is 6.08. The number of carbonyl (C=O) groups is 1. The van der Waals surface area contributed by atoms with Gasteiger partial charge in [0.1, 0.15) is 5.75 Å². The lowest BCUT2D eigenvalue weighted by atomic mass is 10.0. The fourth-order valence-corrected chi connectivity index (χ4v) is 2.08. The van der Waals surface area contributed by atoms with Crippen molar-refractivity contribution in [2.75, 3.05) is 7.11 Å². The molecular formula is C15H13BrO2. The molecule has 0 heterocycles. The van der Waals surface area contributed by atoms with E-state index in [4.69, 9.17) is 4.74 Å². The maximum atomic E-state index is 12.4. The normalized spacial score (nSPS) is 10.2. The van der Waals surface area contributed by atoms with Gasteiger partial charge in [0, 0.05) is 10.0 Å². The van der Waals surface area contributed by atoms with Crippen LogP contribution in [0.3, 0.4) is 0 Å². The molecule has 0 spiro atoms. The van der Waals surface area contributed by atoms with Gasteiger partial charge in [-0.25, -0.2) is 0 Å². The molecule has 0 aromatic heterocycles. The largest absolute Gasteiger partial charge is 0.496 e. The van der Waals surface area contributed by atoms with Crippen molar-refractivity contribution in [2.45, 2.75) is 6.92 Å². The molecule has 92 valence electrons. The van der Waals surface area contributed by atoms with Crippen molar-refractivity contribution in [1.29, 1.82) is 0 Å². The van der Waals surface area contributed by atoms with Gasteiger partial charge in [-0.3, -0.25) is 4.79 Å². The van der Waals surface area contributed by atoms with Gasteiger partial charge in [0.05, 0.1) is 12.7 Å². The molecule has 0 amide bonds. The van der Waals surface area contributed by atoms with Crippen LogP contribution in [0, 0.1) is 6.92 Å². The third-order valence-electron chi connectivity index (χ3n) is 2.72. The number of rotatable bonds is 3. The van der Waals surface area contributed by atoms with Crippen LogP contribution in [0.4, 0.5) is 0 Å². The number of methoxy groups -OCH3 is 1. The number of ether oxygens (including phenoxy) is 1. The number of hydrogen-bond donors (Lipinski definition) is 0. The topological polar surface area (TPSA) is 26.3 Å². The van der Waals surface area contributed by atoms with E-state index in [0.29, 0.717) is 16.9 Å². The molecule has 18 heavy (non-hydrogen) atoms. The smallest absolute Gasteiger partial charge is 0.196 e. The summed E-state index contributed by atoms with van der Waals surface area (Å²) in [5, 5.41) is 0. The molecule has 2 aromatic carbocycles. The first-order chi connectivity index (χ1) is 8.61. The van der Waals surface area contributed by atoms with Crippen LogP contribution >= 0.6 is 15.9 Å². The SMILES string of the molecule is COc1ccc(Br)cc1C(=O)c1ccc(C)cc1. The van der Waals surface area contributed by atoms with Crippen LogP contribution in [0.15, 0.2) is 46.9 Å². The quantitative estimate of drug-likeness (QED) is 0.801. The van der Waals surface area contributed by atoms with Crippen LogP contribution in [0.5, 0.6) is 5.75 Å². The van der Waals surface area contributed by atoms with Gasteiger partial charge in [-0.1, -0.05) is 45.8 Å². The summed E-state index contributed by atoms with van der Waals surface area (Å²) in [4.78, 5) is 12.4. The van der Waals surface area contributed by atoms with Crippen LogP contribution < -0.4 is 4.74 Å². The molecule has 0 fully saturated rings. The summed E-state index contributed by atoms with van der Waals surface area (Å²) in [5.41, 5.74) is 2.36. The number of benzene rings is 2. The number of hydrogen-bond acceptors (Lipinski definition) is 2. The maximum absolute atomic E-state index is 12.4. The molecule has 0 saturated carbocycles. The van der Waals surface area contributed by atoms with Crippen molar-refractivity contribution in [3.63, 3.8) is 0 Å². The van der Waals surface area contributed by atoms with Crippen molar-refractivity contribution >= 4 is 21.7 Å². The molecule has 0 radical (unpaired) electrons. The summed E-state index contributed by atoms with van der Waals surface area (Å²) in [6.07, 6.45) is 0. The molecule has 3 heteroatoms. The van der Waals surface area contributed by atoms with Gasteiger partial charge in [-0.15, -0.1) is 0 Å². The average molecular weight is 305 g/mol. The maximum Gasteiger partial charge on any atom is 0.196 e. The molecule has 0 unspecified atom stereocenters. The highest BCUT2D eigenvalue weighted by molar-refractivity contribution is 9.10. The number of ketones is 1. The Morgan fingerprint density at radius 1 is 1.11 bits per heavy atom. The first kappa shape index (κ1) is 12.8. The molecule has 2 nitrogen and oxygen atoms in total. The molecule has 0 bridgehead atoms. The predicted molar refractivity (Wildman–Crippen MR) is 75.3 cm³/mol. The Hall–Kier alpha value is -1.61. The standard InChI is InChI=1S/C15H13BrO2/c1-10-3-5-11(6-4-10)15(17)13-9-12(16)7-8-14(13)18-2/h3-9H,1-2H3. The highest BCUT2D eigenvalue weighted by Crippen LogP contribution is 2.25. The Labute approximate surface area is 115 Å². The number of halogens is 1. The highest BCUT2D eigenvalue weighted by atomic mass is 79.9. The Bertz CT molecular complexity index is 574. The zero-order valence-corrected chi connectivity index (χ0v) is 11.8. The second-order valence-electron chi connectivity index (χ2n) is 4.04. The van der Waals surface area contributed by atoms with E-state index in [1.165, 1.54) is 0 Å². The Morgan fingerprint density at radius 2 is 1.78 bits per heavy atom. The summed E-state index contributed by atoms with van der Waals surface area (Å²) in [5.74, 6) is 0.553. The summed E-state index contributed by atoms with van der Waals surface area (Å²) in [6, 6.07) is 12.9. The van der Waals surface area contributed by atoms with Gasteiger partial charge in [0.2, 0.25) is 0 Å². The minimum Gasteiger partial charge on any atom is -0.496 e. The van der Waals surface area contributed by atoms with Gasteiger partial charge in [0.15, 0.2) is 5.78 Å². The first-order valence-corrected chi connectivity index (χ1v) is 6.36. The van der Waals surface area contributed by atoms with E-state index < -0.39 is 0 Å². The van der Waals surface area contributed by atoms with Crippen LogP contribution in [0.25, 0.3) is 0 Å². The third-order valence-corrected chi connectivity index (χ3v) is 3.21. The monoisotopic (exact) mass is 304 g/mol. The Kier molecular flexibility index (Phi) is 3.82. The van der Waals surface area contributed by atoms with Gasteiger partial charge >= 0.3 is 0 Å². The molecule has 0 aliphatic carbocycles. The minimum absolute atomic E-state index is 0.0341. The lowest BCUT2D eigenvalue weighted by Gasteiger charge is -2.08. The number of aryl methyl sites for hydroxylation is 1. The molecule has 0 aliphatic rings. The van der Waals surface area contributed by atoms with Gasteiger partial charge in [0.25, 0.3) is 0 Å². The molecule has 0 N–H and O–H groups in total. The van der Waals surface area contributed by atoms with Crippen LogP contribution in [0.1, 0.15) is 21.5 Å². The van der Waals surface area contributed by atoms with Crippen molar-refractivity contribution < 1.29 is 9.53 Å². The van der Waals surface area contributed by atoms with Crippen molar-refractivity contribution in [3.05, 3.63) is 63.6 Å². The Balaban J connectivity index is 2.45. The van der Waals surface area contributed by atoms with Crippen molar-refractivity contribution in [2.24, 2.45) is 0 Å². The van der Waals surface area contributed by atoms with E-state index in [1.54, 1.807) is 19.2 Å². The second-order valence-corrected chi connectivity index (χ2v) is 4.96. The zero-order valence-electron chi connectivity index (χ0n) is 10.2. The van der Waals surface area contributed by atoms with Gasteiger partial charge in [-0.2, -0.15) is 0 Å². The van der Waals surface area contributed by atoms with E-state index in [-0.39, 0.29) is 5.78 Å². The molecular weight excluding hydrogens is 292 g/mol. The van der Waals surface area contributed by atoms with Crippen molar-refractivity contribution in [3.8, 4) is 5.75 Å². The van der Waals surface area contributed by atoms with E-state index in [2.05, 4.69) is 15.9 Å². The van der Waals surface area contributed by atoms with Crippen molar-refractivity contribution in [1.82, 2.24) is 0 Å². The lowest BCUT2D eigenvalue weighted by Crippen LogP contribution is -2.04. The van der Waals surface area contributed by atoms with Crippen LogP contribution in [-0.4, -0.2) is 12.9 Å². The van der Waals surface area contributed by atoms with E-state index in [1.807, 2.05) is 37.3 Å². The lowest BCUT2D eigenvalue weighted by molar-refractivity contribution is 0.103.